The Kier molecular flexibility index (Phi) is 3.64. The molecule has 0 spiro atoms. The van der Waals surface area contributed by atoms with Gasteiger partial charge < -0.3 is 5.43 Å². The number of pyridine rings is 1. The lowest BCUT2D eigenvalue weighted by atomic mass is 10.1. The topological polar surface area (TPSA) is 50.9 Å². The van der Waals surface area contributed by atoms with Crippen molar-refractivity contribution in [1.29, 1.82) is 0 Å². The molecule has 4 heteroatoms. The molecule has 2 rings (SSSR count). The molecule has 1 aromatic carbocycles. The highest BCUT2D eigenvalue weighted by Crippen LogP contribution is 2.23. The Morgan fingerprint density at radius 1 is 1.38 bits per heavy atom. The molecule has 0 radical (unpaired) electrons. The molecule has 16 heavy (non-hydrogen) atoms. The fraction of sp³-hybridized carbons (Fsp3) is 0.250. The molecule has 0 aliphatic carbocycles. The van der Waals surface area contributed by atoms with Gasteiger partial charge in [0.25, 0.3) is 0 Å². The number of benzene rings is 1. The number of nitrogens with zero attached hydrogens (tertiary/aromatic N) is 1. The van der Waals surface area contributed by atoms with Gasteiger partial charge in [0.15, 0.2) is 0 Å². The zero-order chi connectivity index (χ0) is 11.4. The van der Waals surface area contributed by atoms with E-state index in [1.165, 1.54) is 0 Å². The van der Waals surface area contributed by atoms with Crippen molar-refractivity contribution < 1.29 is 0 Å². The number of nitrogen functional groups attached to an aromatic ring is 1. The van der Waals surface area contributed by atoms with Gasteiger partial charge in [-0.1, -0.05) is 25.1 Å². The molecular weight excluding hydrogens is 218 g/mol. The summed E-state index contributed by atoms with van der Waals surface area (Å²) in [6, 6.07) is 10.2. The number of anilines is 1. The van der Waals surface area contributed by atoms with Gasteiger partial charge in [0, 0.05) is 16.7 Å². The number of hydrogen-bond donors (Lipinski definition) is 2. The molecule has 0 amide bonds. The number of para-hydroxylation sites is 1. The first-order valence-electron chi connectivity index (χ1n) is 5.28. The minimum Gasteiger partial charge on any atom is -0.308 e. The van der Waals surface area contributed by atoms with Gasteiger partial charge in [-0.25, -0.2) is 10.8 Å². The minimum absolute atomic E-state index is 0.777. The summed E-state index contributed by atoms with van der Waals surface area (Å²) in [6.07, 6.45) is 0. The normalized spacial score (nSPS) is 10.6. The fourth-order valence-corrected chi connectivity index (χ4v) is 2.25. The molecule has 1 heterocycles. The largest absolute Gasteiger partial charge is 0.308 e. The van der Waals surface area contributed by atoms with Crippen LogP contribution in [0.2, 0.25) is 0 Å². The summed E-state index contributed by atoms with van der Waals surface area (Å²) in [4.78, 5) is 4.50. The van der Waals surface area contributed by atoms with Gasteiger partial charge in [0.05, 0.1) is 5.52 Å². The number of nitrogens with two attached hydrogens (primary N) is 1. The SMILES string of the molecule is CCSCc1cc2ccccc2nc1NN. The van der Waals surface area contributed by atoms with E-state index in [0.29, 0.717) is 0 Å². The molecule has 0 fully saturated rings. The molecule has 0 atom stereocenters. The van der Waals surface area contributed by atoms with Crippen LogP contribution in [-0.4, -0.2) is 10.7 Å². The molecule has 3 nitrogen and oxygen atoms in total. The monoisotopic (exact) mass is 233 g/mol. The lowest BCUT2D eigenvalue weighted by Crippen LogP contribution is -2.11. The maximum absolute atomic E-state index is 5.49. The van der Waals surface area contributed by atoms with Crippen LogP contribution in [0.5, 0.6) is 0 Å². The van der Waals surface area contributed by atoms with Crippen molar-refractivity contribution in [2.45, 2.75) is 12.7 Å². The van der Waals surface area contributed by atoms with E-state index >= 15 is 0 Å². The Hall–Kier alpha value is -1.26. The second-order valence-electron chi connectivity index (χ2n) is 3.47. The summed E-state index contributed by atoms with van der Waals surface area (Å²) in [5.41, 5.74) is 4.81. The van der Waals surface area contributed by atoms with Gasteiger partial charge in [-0.15, -0.1) is 0 Å². The van der Waals surface area contributed by atoms with Crippen LogP contribution in [0.4, 0.5) is 5.82 Å². The van der Waals surface area contributed by atoms with E-state index in [9.17, 15) is 0 Å². The van der Waals surface area contributed by atoms with Gasteiger partial charge in [0.1, 0.15) is 5.82 Å². The first kappa shape index (κ1) is 11.2. The molecule has 3 N–H and O–H groups in total. The zero-order valence-corrected chi connectivity index (χ0v) is 10.1. The van der Waals surface area contributed by atoms with E-state index in [-0.39, 0.29) is 0 Å². The maximum Gasteiger partial charge on any atom is 0.144 e. The Bertz CT molecular complexity index is 485. The lowest BCUT2D eigenvalue weighted by molar-refractivity contribution is 1.21. The summed E-state index contributed by atoms with van der Waals surface area (Å²) >= 11 is 1.86. The van der Waals surface area contributed by atoms with E-state index in [4.69, 9.17) is 5.84 Å². The van der Waals surface area contributed by atoms with Crippen LogP contribution in [0, 0.1) is 0 Å². The Labute approximate surface area is 99.4 Å². The second-order valence-corrected chi connectivity index (χ2v) is 4.74. The predicted octanol–water partition coefficient (Wildman–Crippen LogP) is 2.77. The highest BCUT2D eigenvalue weighted by molar-refractivity contribution is 7.98. The van der Waals surface area contributed by atoms with Crippen molar-refractivity contribution in [3.8, 4) is 0 Å². The van der Waals surface area contributed by atoms with E-state index in [2.05, 4.69) is 29.5 Å². The highest BCUT2D eigenvalue weighted by Gasteiger charge is 2.05. The van der Waals surface area contributed by atoms with Gasteiger partial charge in [-0.3, -0.25) is 0 Å². The molecule has 1 aromatic heterocycles. The predicted molar refractivity (Wildman–Crippen MR) is 71.4 cm³/mol. The lowest BCUT2D eigenvalue weighted by Gasteiger charge is -2.09. The number of fused-ring (bicyclic) bond motifs is 1. The number of aromatic nitrogens is 1. The van der Waals surface area contributed by atoms with Gasteiger partial charge in [-0.05, 0) is 17.9 Å². The van der Waals surface area contributed by atoms with Crippen molar-refractivity contribution in [3.63, 3.8) is 0 Å². The first-order valence-corrected chi connectivity index (χ1v) is 6.43. The Morgan fingerprint density at radius 2 is 2.19 bits per heavy atom. The van der Waals surface area contributed by atoms with E-state index < -0.39 is 0 Å². The van der Waals surface area contributed by atoms with Gasteiger partial charge in [-0.2, -0.15) is 11.8 Å². The third-order valence-corrected chi connectivity index (χ3v) is 3.32. The first-order chi connectivity index (χ1) is 7.85. The Balaban J connectivity index is 2.45. The van der Waals surface area contributed by atoms with Crippen molar-refractivity contribution in [1.82, 2.24) is 4.98 Å². The van der Waals surface area contributed by atoms with Crippen molar-refractivity contribution in [3.05, 3.63) is 35.9 Å². The zero-order valence-electron chi connectivity index (χ0n) is 9.23. The molecular formula is C12H15N3S. The third kappa shape index (κ3) is 2.28. The molecule has 0 saturated heterocycles. The summed E-state index contributed by atoms with van der Waals surface area (Å²) in [5.74, 6) is 8.30. The summed E-state index contributed by atoms with van der Waals surface area (Å²) in [6.45, 7) is 2.15. The fourth-order valence-electron chi connectivity index (χ4n) is 1.61. The van der Waals surface area contributed by atoms with E-state index in [1.807, 2.05) is 30.0 Å². The van der Waals surface area contributed by atoms with Gasteiger partial charge in [0.2, 0.25) is 0 Å². The molecule has 0 saturated carbocycles. The van der Waals surface area contributed by atoms with Crippen LogP contribution in [0.15, 0.2) is 30.3 Å². The Morgan fingerprint density at radius 3 is 2.94 bits per heavy atom. The molecule has 0 aliphatic rings. The van der Waals surface area contributed by atoms with E-state index in [1.54, 1.807) is 0 Å². The quantitative estimate of drug-likeness (QED) is 0.630. The smallest absolute Gasteiger partial charge is 0.144 e. The standard InChI is InChI=1S/C12H15N3S/c1-2-16-8-10-7-9-5-3-4-6-11(9)14-12(10)15-13/h3-7H,2,8,13H2,1H3,(H,14,15). The van der Waals surface area contributed by atoms with Crippen LogP contribution in [0.25, 0.3) is 10.9 Å². The number of hydrazine groups is 1. The minimum atomic E-state index is 0.777. The molecule has 0 bridgehead atoms. The van der Waals surface area contributed by atoms with Crippen molar-refractivity contribution in [2.75, 3.05) is 11.2 Å². The highest BCUT2D eigenvalue weighted by atomic mass is 32.2. The average Bonchev–Trinajstić information content (AvgIpc) is 2.35. The maximum atomic E-state index is 5.49. The van der Waals surface area contributed by atoms with Crippen LogP contribution < -0.4 is 11.3 Å². The number of nitrogens with one attached hydrogen (secondary N) is 1. The van der Waals surface area contributed by atoms with Crippen LogP contribution >= 0.6 is 11.8 Å². The molecule has 2 aromatic rings. The molecule has 84 valence electrons. The van der Waals surface area contributed by atoms with E-state index in [0.717, 1.165) is 33.8 Å². The van der Waals surface area contributed by atoms with Crippen molar-refractivity contribution >= 4 is 28.5 Å². The van der Waals surface area contributed by atoms with Crippen LogP contribution in [0.1, 0.15) is 12.5 Å². The third-order valence-electron chi connectivity index (χ3n) is 2.40. The van der Waals surface area contributed by atoms with Crippen LogP contribution in [0.3, 0.4) is 0 Å². The number of thioether (sulfide) groups is 1. The summed E-state index contributed by atoms with van der Waals surface area (Å²) in [7, 11) is 0. The second kappa shape index (κ2) is 5.18. The summed E-state index contributed by atoms with van der Waals surface area (Å²) in [5, 5.41) is 1.16. The molecule has 0 unspecified atom stereocenters. The van der Waals surface area contributed by atoms with Crippen LogP contribution in [-0.2, 0) is 5.75 Å². The number of hydrogen-bond acceptors (Lipinski definition) is 4. The van der Waals surface area contributed by atoms with Gasteiger partial charge >= 0.3 is 0 Å². The number of rotatable bonds is 4. The molecule has 0 aliphatic heterocycles. The average molecular weight is 233 g/mol. The summed E-state index contributed by atoms with van der Waals surface area (Å²) < 4.78 is 0. The van der Waals surface area contributed by atoms with Crippen molar-refractivity contribution in [2.24, 2.45) is 5.84 Å².